The molecule has 2 aliphatic rings. The van der Waals surface area contributed by atoms with Crippen LogP contribution in [-0.2, 0) is 26.1 Å². The highest BCUT2D eigenvalue weighted by Gasteiger charge is 2.33. The van der Waals surface area contributed by atoms with Crippen molar-refractivity contribution in [3.05, 3.63) is 36.2 Å². The van der Waals surface area contributed by atoms with Gasteiger partial charge in [-0.2, -0.15) is 4.31 Å². The molecule has 1 N–H and O–H groups in total. The third-order valence-corrected chi connectivity index (χ3v) is 8.52. The summed E-state index contributed by atoms with van der Waals surface area (Å²) in [6.07, 6.45) is 3.68. The molecule has 1 saturated carbocycles. The Hall–Kier alpha value is -1.95. The quantitative estimate of drug-likeness (QED) is 0.519. The Morgan fingerprint density at radius 3 is 2.72 bits per heavy atom. The minimum Gasteiger partial charge on any atom is -0.383 e. The van der Waals surface area contributed by atoms with Crippen molar-refractivity contribution in [3.8, 4) is 0 Å². The van der Waals surface area contributed by atoms with E-state index in [-0.39, 0.29) is 17.6 Å². The SMILES string of the molecule is COCCn1c(SCC(=O)NC2CC2)nnc1[C@@H]1CCCN(S(=O)(=O)c2ccccc2)C1. The van der Waals surface area contributed by atoms with Crippen molar-refractivity contribution in [2.45, 2.75) is 54.2 Å². The summed E-state index contributed by atoms with van der Waals surface area (Å²) in [5.74, 6) is 0.959. The highest BCUT2D eigenvalue weighted by Crippen LogP contribution is 2.31. The van der Waals surface area contributed by atoms with Crippen molar-refractivity contribution in [3.63, 3.8) is 0 Å². The van der Waals surface area contributed by atoms with Gasteiger partial charge < -0.3 is 14.6 Å². The summed E-state index contributed by atoms with van der Waals surface area (Å²) in [5.41, 5.74) is 0. The Labute approximate surface area is 193 Å². The average Bonchev–Trinajstić information content (AvgIpc) is 3.53. The number of thioether (sulfide) groups is 1. The third-order valence-electron chi connectivity index (χ3n) is 5.67. The summed E-state index contributed by atoms with van der Waals surface area (Å²) in [6, 6.07) is 8.85. The zero-order chi connectivity index (χ0) is 22.6. The third kappa shape index (κ3) is 5.51. The number of carbonyl (C=O) groups is 1. The fraction of sp³-hybridized carbons (Fsp3) is 0.571. The lowest BCUT2D eigenvalue weighted by Gasteiger charge is -2.31. The zero-order valence-electron chi connectivity index (χ0n) is 18.1. The molecule has 0 radical (unpaired) electrons. The van der Waals surface area contributed by atoms with E-state index in [1.807, 2.05) is 4.57 Å². The molecule has 1 aliphatic heterocycles. The minimum absolute atomic E-state index is 0.00172. The van der Waals surface area contributed by atoms with Gasteiger partial charge in [0, 0.05) is 38.7 Å². The molecule has 11 heteroatoms. The number of aromatic nitrogens is 3. The van der Waals surface area contributed by atoms with E-state index < -0.39 is 10.0 Å². The molecule has 1 saturated heterocycles. The molecule has 0 spiro atoms. The van der Waals surface area contributed by atoms with Crippen LogP contribution in [0.15, 0.2) is 40.4 Å². The first-order chi connectivity index (χ1) is 15.5. The number of piperidine rings is 1. The van der Waals surface area contributed by atoms with Gasteiger partial charge >= 0.3 is 0 Å². The highest BCUT2D eigenvalue weighted by molar-refractivity contribution is 7.99. The van der Waals surface area contributed by atoms with E-state index in [4.69, 9.17) is 4.74 Å². The zero-order valence-corrected chi connectivity index (χ0v) is 19.8. The molecule has 174 valence electrons. The number of hydrogen-bond acceptors (Lipinski definition) is 7. The van der Waals surface area contributed by atoms with E-state index in [0.717, 1.165) is 31.5 Å². The van der Waals surface area contributed by atoms with Crippen LogP contribution in [0.3, 0.4) is 0 Å². The van der Waals surface area contributed by atoms with Crippen LogP contribution in [0.1, 0.15) is 37.4 Å². The number of methoxy groups -OCH3 is 1. The number of nitrogens with zero attached hydrogens (tertiary/aromatic N) is 4. The van der Waals surface area contributed by atoms with Crippen LogP contribution in [0.2, 0.25) is 0 Å². The van der Waals surface area contributed by atoms with Crippen LogP contribution < -0.4 is 5.32 Å². The first kappa shape index (κ1) is 23.2. The maximum atomic E-state index is 13.1. The van der Waals surface area contributed by atoms with E-state index in [1.165, 1.54) is 11.8 Å². The molecular weight excluding hydrogens is 450 g/mol. The van der Waals surface area contributed by atoms with Crippen LogP contribution in [0, 0.1) is 0 Å². The first-order valence-electron chi connectivity index (χ1n) is 10.9. The average molecular weight is 480 g/mol. The number of carbonyl (C=O) groups excluding carboxylic acids is 1. The lowest BCUT2D eigenvalue weighted by molar-refractivity contribution is -0.118. The van der Waals surface area contributed by atoms with E-state index in [9.17, 15) is 13.2 Å². The van der Waals surface area contributed by atoms with Crippen LogP contribution in [-0.4, -0.2) is 72.0 Å². The first-order valence-corrected chi connectivity index (χ1v) is 13.3. The highest BCUT2D eigenvalue weighted by atomic mass is 32.2. The van der Waals surface area contributed by atoms with E-state index in [0.29, 0.717) is 42.3 Å². The number of sulfonamides is 1. The number of ether oxygens (including phenoxy) is 1. The fourth-order valence-electron chi connectivity index (χ4n) is 3.84. The molecule has 1 aromatic heterocycles. The normalized spacial score (nSPS) is 19.7. The summed E-state index contributed by atoms with van der Waals surface area (Å²) < 4.78 is 35.0. The number of hydrogen-bond donors (Lipinski definition) is 1. The standard InChI is InChI=1S/C21H29N5O4S2/c1-30-13-12-26-20(23-24-21(26)31-15-19(27)22-17-9-10-17)16-6-5-11-25(14-16)32(28,29)18-7-3-2-4-8-18/h2-4,7-8,16-17H,5-6,9-15H2,1H3,(H,22,27)/t16-/m1/s1. The smallest absolute Gasteiger partial charge is 0.243 e. The summed E-state index contributed by atoms with van der Waals surface area (Å²) in [5, 5.41) is 12.4. The van der Waals surface area contributed by atoms with Crippen molar-refractivity contribution >= 4 is 27.7 Å². The summed E-state index contributed by atoms with van der Waals surface area (Å²) in [4.78, 5) is 12.4. The predicted molar refractivity (Wildman–Crippen MR) is 121 cm³/mol. The molecule has 2 heterocycles. The van der Waals surface area contributed by atoms with Crippen LogP contribution in [0.25, 0.3) is 0 Å². The Balaban J connectivity index is 1.49. The summed E-state index contributed by atoms with van der Waals surface area (Å²) >= 11 is 1.35. The van der Waals surface area contributed by atoms with Crippen LogP contribution in [0.5, 0.6) is 0 Å². The topological polar surface area (TPSA) is 106 Å². The maximum absolute atomic E-state index is 13.1. The molecule has 1 atom stereocenters. The molecular formula is C21H29N5O4S2. The Morgan fingerprint density at radius 2 is 2.00 bits per heavy atom. The second-order valence-electron chi connectivity index (χ2n) is 8.13. The maximum Gasteiger partial charge on any atom is 0.243 e. The molecule has 1 aromatic carbocycles. The second kappa shape index (κ2) is 10.3. The van der Waals surface area contributed by atoms with E-state index in [2.05, 4.69) is 15.5 Å². The molecule has 0 unspecified atom stereocenters. The number of amides is 1. The lowest BCUT2D eigenvalue weighted by atomic mass is 9.99. The van der Waals surface area contributed by atoms with Crippen molar-refractivity contribution in [2.75, 3.05) is 32.6 Å². The van der Waals surface area contributed by atoms with Crippen LogP contribution >= 0.6 is 11.8 Å². The lowest BCUT2D eigenvalue weighted by Crippen LogP contribution is -2.39. The van der Waals surface area contributed by atoms with Crippen molar-refractivity contribution in [1.82, 2.24) is 24.4 Å². The molecule has 1 aliphatic carbocycles. The van der Waals surface area contributed by atoms with Gasteiger partial charge in [-0.3, -0.25) is 4.79 Å². The Morgan fingerprint density at radius 1 is 1.22 bits per heavy atom. The molecule has 2 fully saturated rings. The predicted octanol–water partition coefficient (Wildman–Crippen LogP) is 1.86. The molecule has 9 nitrogen and oxygen atoms in total. The van der Waals surface area contributed by atoms with Gasteiger partial charge in [-0.05, 0) is 37.8 Å². The van der Waals surface area contributed by atoms with Crippen molar-refractivity contribution < 1.29 is 17.9 Å². The van der Waals surface area contributed by atoms with Gasteiger partial charge in [-0.1, -0.05) is 30.0 Å². The van der Waals surface area contributed by atoms with Gasteiger partial charge in [0.05, 0.1) is 17.3 Å². The van der Waals surface area contributed by atoms with E-state index >= 15 is 0 Å². The fourth-order valence-corrected chi connectivity index (χ4v) is 6.17. The number of nitrogens with one attached hydrogen (secondary N) is 1. The van der Waals surface area contributed by atoms with Gasteiger partial charge in [-0.15, -0.1) is 10.2 Å². The van der Waals surface area contributed by atoms with Crippen LogP contribution in [0.4, 0.5) is 0 Å². The summed E-state index contributed by atoms with van der Waals surface area (Å²) in [7, 11) is -1.93. The van der Waals surface area contributed by atoms with E-state index in [1.54, 1.807) is 41.7 Å². The van der Waals surface area contributed by atoms with Gasteiger partial charge in [-0.25, -0.2) is 8.42 Å². The van der Waals surface area contributed by atoms with Crippen molar-refractivity contribution in [2.24, 2.45) is 0 Å². The molecule has 4 rings (SSSR count). The number of rotatable bonds is 10. The van der Waals surface area contributed by atoms with Crippen molar-refractivity contribution in [1.29, 1.82) is 0 Å². The minimum atomic E-state index is -3.56. The molecule has 0 bridgehead atoms. The Bertz CT molecular complexity index is 1020. The van der Waals surface area contributed by atoms with Gasteiger partial charge in [0.1, 0.15) is 5.82 Å². The second-order valence-corrected chi connectivity index (χ2v) is 11.0. The summed E-state index contributed by atoms with van der Waals surface area (Å²) in [6.45, 7) is 1.87. The molecule has 32 heavy (non-hydrogen) atoms. The van der Waals surface area contributed by atoms with Gasteiger partial charge in [0.2, 0.25) is 15.9 Å². The largest absolute Gasteiger partial charge is 0.383 e. The molecule has 2 aromatic rings. The molecule has 1 amide bonds. The van der Waals surface area contributed by atoms with Gasteiger partial charge in [0.25, 0.3) is 0 Å². The monoisotopic (exact) mass is 479 g/mol. The van der Waals surface area contributed by atoms with Gasteiger partial charge in [0.15, 0.2) is 5.16 Å². The number of benzene rings is 1. The Kier molecular flexibility index (Phi) is 7.49.